The maximum absolute atomic E-state index is 4.35. The van der Waals surface area contributed by atoms with Crippen molar-refractivity contribution in [1.29, 1.82) is 0 Å². The summed E-state index contributed by atoms with van der Waals surface area (Å²) in [7, 11) is 0. The van der Waals surface area contributed by atoms with Crippen molar-refractivity contribution in [3.8, 4) is 0 Å². The molecule has 1 atom stereocenters. The Hall–Kier alpha value is -1.26. The summed E-state index contributed by atoms with van der Waals surface area (Å²) in [6.45, 7) is 0.974. The van der Waals surface area contributed by atoms with Gasteiger partial charge >= 0.3 is 0 Å². The van der Waals surface area contributed by atoms with Crippen LogP contribution in [0.5, 0.6) is 0 Å². The second-order valence-corrected chi connectivity index (χ2v) is 4.75. The van der Waals surface area contributed by atoms with E-state index in [9.17, 15) is 0 Å². The van der Waals surface area contributed by atoms with Crippen LogP contribution in [0.25, 0.3) is 0 Å². The van der Waals surface area contributed by atoms with E-state index in [0.29, 0.717) is 0 Å². The fourth-order valence-corrected chi connectivity index (χ4v) is 2.08. The molecule has 1 heterocycles. The number of thioether (sulfide) groups is 1. The van der Waals surface area contributed by atoms with Crippen LogP contribution in [0.15, 0.2) is 42.7 Å². The Labute approximate surface area is 106 Å². The number of rotatable bonds is 6. The second kappa shape index (κ2) is 6.47. The smallest absolute Gasteiger partial charge is 0.127 e. The summed E-state index contributed by atoms with van der Waals surface area (Å²) < 4.78 is 0. The summed E-state index contributed by atoms with van der Waals surface area (Å²) >= 11 is 1.84. The van der Waals surface area contributed by atoms with E-state index in [2.05, 4.69) is 45.8 Å². The molecule has 0 saturated carbocycles. The lowest BCUT2D eigenvalue weighted by Crippen LogP contribution is -2.25. The lowest BCUT2D eigenvalue weighted by molar-refractivity contribution is 0.607. The molecule has 0 saturated heterocycles. The van der Waals surface area contributed by atoms with Gasteiger partial charge in [-0.25, -0.2) is 4.98 Å². The molecule has 1 unspecified atom stereocenters. The van der Waals surface area contributed by atoms with E-state index >= 15 is 0 Å². The summed E-state index contributed by atoms with van der Waals surface area (Å²) in [5, 5.41) is 3.52. The molecular formula is C13H17N3S. The first-order valence-corrected chi connectivity index (χ1v) is 7.07. The topological polar surface area (TPSA) is 40.7 Å². The van der Waals surface area contributed by atoms with E-state index < -0.39 is 0 Å². The zero-order valence-corrected chi connectivity index (χ0v) is 10.7. The van der Waals surface area contributed by atoms with Crippen molar-refractivity contribution in [3.05, 3.63) is 54.1 Å². The van der Waals surface area contributed by atoms with Crippen LogP contribution in [0.1, 0.15) is 17.4 Å². The van der Waals surface area contributed by atoms with E-state index in [1.54, 1.807) is 6.20 Å². The van der Waals surface area contributed by atoms with E-state index in [1.165, 1.54) is 5.56 Å². The molecule has 1 aromatic carbocycles. The molecule has 0 bridgehead atoms. The third-order valence-corrected chi connectivity index (χ3v) is 3.19. The molecule has 90 valence electrons. The number of nitrogens with one attached hydrogen (secondary N) is 2. The van der Waals surface area contributed by atoms with Gasteiger partial charge in [0, 0.05) is 24.7 Å². The van der Waals surface area contributed by atoms with Crippen LogP contribution in [-0.2, 0) is 0 Å². The maximum atomic E-state index is 4.35. The summed E-state index contributed by atoms with van der Waals surface area (Å²) in [5.41, 5.74) is 1.24. The first-order chi connectivity index (χ1) is 8.42. The normalized spacial score (nSPS) is 12.5. The number of hydrogen-bond donors (Lipinski definition) is 2. The standard InChI is InChI=1S/C13H17N3S/c1-17-10-9-14-12(13-15-7-8-16-13)11-5-3-2-4-6-11/h2-8,12,14H,9-10H2,1H3,(H,15,16). The molecule has 2 aromatic rings. The highest BCUT2D eigenvalue weighted by molar-refractivity contribution is 7.98. The Morgan fingerprint density at radius 2 is 2.18 bits per heavy atom. The number of imidazole rings is 1. The number of nitrogens with zero attached hydrogens (tertiary/aromatic N) is 1. The lowest BCUT2D eigenvalue weighted by atomic mass is 10.1. The quantitative estimate of drug-likeness (QED) is 0.770. The molecular weight excluding hydrogens is 230 g/mol. The predicted molar refractivity (Wildman–Crippen MR) is 73.3 cm³/mol. The van der Waals surface area contributed by atoms with Gasteiger partial charge in [-0.15, -0.1) is 0 Å². The average Bonchev–Trinajstić information content (AvgIpc) is 2.89. The number of benzene rings is 1. The zero-order chi connectivity index (χ0) is 11.9. The predicted octanol–water partition coefficient (Wildman–Crippen LogP) is 2.45. The highest BCUT2D eigenvalue weighted by Gasteiger charge is 2.14. The van der Waals surface area contributed by atoms with Gasteiger partial charge in [-0.1, -0.05) is 30.3 Å². The monoisotopic (exact) mass is 247 g/mol. The molecule has 2 N–H and O–H groups in total. The zero-order valence-electron chi connectivity index (χ0n) is 9.89. The molecule has 0 aliphatic carbocycles. The fraction of sp³-hybridized carbons (Fsp3) is 0.308. The highest BCUT2D eigenvalue weighted by Crippen LogP contribution is 2.18. The minimum Gasteiger partial charge on any atom is -0.347 e. The van der Waals surface area contributed by atoms with E-state index in [-0.39, 0.29) is 6.04 Å². The van der Waals surface area contributed by atoms with Gasteiger partial charge in [-0.3, -0.25) is 0 Å². The van der Waals surface area contributed by atoms with E-state index in [0.717, 1.165) is 18.1 Å². The van der Waals surface area contributed by atoms with Crippen LogP contribution in [0.4, 0.5) is 0 Å². The minimum absolute atomic E-state index is 0.151. The molecule has 0 fully saturated rings. The summed E-state index contributed by atoms with van der Waals surface area (Å²) in [6.07, 6.45) is 5.77. The SMILES string of the molecule is CSCCNC(c1ccccc1)c1ncc[nH]1. The fourth-order valence-electron chi connectivity index (χ4n) is 1.76. The van der Waals surface area contributed by atoms with Gasteiger partial charge in [0.2, 0.25) is 0 Å². The van der Waals surface area contributed by atoms with Gasteiger partial charge in [0.1, 0.15) is 5.82 Å². The average molecular weight is 247 g/mol. The summed E-state index contributed by atoms with van der Waals surface area (Å²) in [6, 6.07) is 10.5. The Morgan fingerprint density at radius 3 is 2.82 bits per heavy atom. The molecule has 0 spiro atoms. The molecule has 0 radical (unpaired) electrons. The molecule has 3 nitrogen and oxygen atoms in total. The molecule has 0 amide bonds. The largest absolute Gasteiger partial charge is 0.347 e. The number of H-pyrrole nitrogens is 1. The van der Waals surface area contributed by atoms with Crippen molar-refractivity contribution >= 4 is 11.8 Å². The van der Waals surface area contributed by atoms with Crippen molar-refractivity contribution < 1.29 is 0 Å². The molecule has 2 rings (SSSR count). The van der Waals surface area contributed by atoms with Gasteiger partial charge in [0.15, 0.2) is 0 Å². The van der Waals surface area contributed by atoms with Crippen LogP contribution in [0.3, 0.4) is 0 Å². The number of aromatic amines is 1. The van der Waals surface area contributed by atoms with Crippen LogP contribution >= 0.6 is 11.8 Å². The highest BCUT2D eigenvalue weighted by atomic mass is 32.2. The van der Waals surface area contributed by atoms with E-state index in [4.69, 9.17) is 0 Å². The van der Waals surface area contributed by atoms with Gasteiger partial charge in [-0.2, -0.15) is 11.8 Å². The second-order valence-electron chi connectivity index (χ2n) is 3.77. The van der Waals surface area contributed by atoms with Crippen molar-refractivity contribution in [2.24, 2.45) is 0 Å². The van der Waals surface area contributed by atoms with Gasteiger partial charge in [-0.05, 0) is 11.8 Å². The van der Waals surface area contributed by atoms with Crippen LogP contribution in [0, 0.1) is 0 Å². The molecule has 0 aliphatic rings. The Kier molecular flexibility index (Phi) is 4.64. The van der Waals surface area contributed by atoms with Crippen molar-refractivity contribution in [2.45, 2.75) is 6.04 Å². The Morgan fingerprint density at radius 1 is 1.35 bits per heavy atom. The first kappa shape index (κ1) is 12.2. The van der Waals surface area contributed by atoms with Gasteiger partial charge in [0.25, 0.3) is 0 Å². The summed E-state index contributed by atoms with van der Waals surface area (Å²) in [4.78, 5) is 7.53. The molecule has 17 heavy (non-hydrogen) atoms. The molecule has 4 heteroatoms. The Balaban J connectivity index is 2.13. The van der Waals surface area contributed by atoms with Crippen molar-refractivity contribution in [3.63, 3.8) is 0 Å². The van der Waals surface area contributed by atoms with Crippen LogP contribution < -0.4 is 5.32 Å². The summed E-state index contributed by atoms with van der Waals surface area (Å²) in [5.74, 6) is 2.07. The third-order valence-electron chi connectivity index (χ3n) is 2.58. The van der Waals surface area contributed by atoms with Crippen molar-refractivity contribution in [1.82, 2.24) is 15.3 Å². The molecule has 1 aromatic heterocycles. The van der Waals surface area contributed by atoms with Gasteiger partial charge < -0.3 is 10.3 Å². The van der Waals surface area contributed by atoms with E-state index in [1.807, 2.05) is 24.0 Å². The Bertz CT molecular complexity index is 413. The first-order valence-electron chi connectivity index (χ1n) is 5.68. The maximum Gasteiger partial charge on any atom is 0.127 e. The minimum atomic E-state index is 0.151. The lowest BCUT2D eigenvalue weighted by Gasteiger charge is -2.16. The van der Waals surface area contributed by atoms with Gasteiger partial charge in [0.05, 0.1) is 6.04 Å². The van der Waals surface area contributed by atoms with Crippen LogP contribution in [-0.4, -0.2) is 28.5 Å². The number of aromatic nitrogens is 2. The number of hydrogen-bond acceptors (Lipinski definition) is 3. The van der Waals surface area contributed by atoms with Crippen LogP contribution in [0.2, 0.25) is 0 Å². The molecule has 0 aliphatic heterocycles. The third kappa shape index (κ3) is 3.35. The van der Waals surface area contributed by atoms with Crippen molar-refractivity contribution in [2.75, 3.05) is 18.6 Å².